The van der Waals surface area contributed by atoms with E-state index in [-0.39, 0.29) is 17.2 Å². The second-order valence-corrected chi connectivity index (χ2v) is 6.51. The molecule has 0 heterocycles. The van der Waals surface area contributed by atoms with Gasteiger partial charge in [0.25, 0.3) is 0 Å². The first-order chi connectivity index (χ1) is 9.08. The molecular formula is C16H26O3. The molecule has 0 aromatic carbocycles. The number of hydrogen-bond acceptors (Lipinski definition) is 3. The summed E-state index contributed by atoms with van der Waals surface area (Å²) in [5.41, 5.74) is -0.539. The zero-order valence-electron chi connectivity index (χ0n) is 12.3. The minimum atomic E-state index is -0.797. The topological polar surface area (TPSA) is 43.4 Å². The van der Waals surface area contributed by atoms with Gasteiger partial charge in [0.05, 0.1) is 7.11 Å². The maximum Gasteiger partial charge on any atom is 0.319 e. The minimum absolute atomic E-state index is 0.108. The monoisotopic (exact) mass is 266 g/mol. The fourth-order valence-electron chi connectivity index (χ4n) is 4.18. The van der Waals surface area contributed by atoms with E-state index >= 15 is 0 Å². The van der Waals surface area contributed by atoms with Crippen LogP contribution in [0, 0.1) is 10.8 Å². The van der Waals surface area contributed by atoms with Crippen molar-refractivity contribution in [1.82, 2.24) is 0 Å². The van der Waals surface area contributed by atoms with Gasteiger partial charge in [-0.05, 0) is 37.5 Å². The number of methoxy groups -OCH3 is 1. The molecule has 19 heavy (non-hydrogen) atoms. The van der Waals surface area contributed by atoms with E-state index in [2.05, 4.69) is 0 Å². The van der Waals surface area contributed by atoms with Crippen LogP contribution < -0.4 is 0 Å². The first-order valence-electron chi connectivity index (χ1n) is 7.70. The summed E-state index contributed by atoms with van der Waals surface area (Å²) in [5.74, 6) is -0.183. The highest BCUT2D eigenvalue weighted by Gasteiger charge is 2.62. The van der Waals surface area contributed by atoms with E-state index in [9.17, 15) is 9.59 Å². The average molecular weight is 266 g/mol. The van der Waals surface area contributed by atoms with Gasteiger partial charge in [0.2, 0.25) is 0 Å². The largest absolute Gasteiger partial charge is 0.468 e. The van der Waals surface area contributed by atoms with Crippen LogP contribution in [0.25, 0.3) is 0 Å². The molecule has 0 aliphatic heterocycles. The summed E-state index contributed by atoms with van der Waals surface area (Å²) in [6, 6.07) is 0. The maximum atomic E-state index is 12.4. The molecule has 2 saturated carbocycles. The number of ketones is 1. The molecule has 3 heteroatoms. The van der Waals surface area contributed by atoms with Crippen LogP contribution in [0.3, 0.4) is 0 Å². The Morgan fingerprint density at radius 3 is 2.11 bits per heavy atom. The van der Waals surface area contributed by atoms with Crippen LogP contribution >= 0.6 is 0 Å². The fourth-order valence-corrected chi connectivity index (χ4v) is 4.18. The molecule has 0 amide bonds. The lowest BCUT2D eigenvalue weighted by Crippen LogP contribution is -2.56. The number of rotatable bonds is 4. The Morgan fingerprint density at radius 1 is 1.05 bits per heavy atom. The zero-order chi connectivity index (χ0) is 13.9. The predicted molar refractivity (Wildman–Crippen MR) is 73.7 cm³/mol. The van der Waals surface area contributed by atoms with Crippen molar-refractivity contribution in [2.75, 3.05) is 7.11 Å². The smallest absolute Gasteiger partial charge is 0.319 e. The Bertz CT molecular complexity index is 343. The summed E-state index contributed by atoms with van der Waals surface area (Å²) in [5, 5.41) is 0. The highest BCUT2D eigenvalue weighted by Crippen LogP contribution is 2.61. The number of carbonyl (C=O) groups is 2. The molecule has 2 rings (SSSR count). The first kappa shape index (κ1) is 14.5. The van der Waals surface area contributed by atoms with Crippen molar-refractivity contribution in [3.05, 3.63) is 0 Å². The quantitative estimate of drug-likeness (QED) is 0.576. The van der Waals surface area contributed by atoms with Crippen molar-refractivity contribution < 1.29 is 14.3 Å². The van der Waals surface area contributed by atoms with Gasteiger partial charge in [0.1, 0.15) is 11.2 Å². The summed E-state index contributed by atoms with van der Waals surface area (Å²) >= 11 is 0. The van der Waals surface area contributed by atoms with Crippen LogP contribution in [0.5, 0.6) is 0 Å². The molecule has 0 atom stereocenters. The van der Waals surface area contributed by atoms with Gasteiger partial charge in [0.15, 0.2) is 0 Å². The van der Waals surface area contributed by atoms with E-state index in [1.807, 2.05) is 6.92 Å². The number of esters is 1. The lowest BCUT2D eigenvalue weighted by Gasteiger charge is -2.53. The molecular weight excluding hydrogens is 240 g/mol. The Labute approximate surface area is 116 Å². The zero-order valence-corrected chi connectivity index (χ0v) is 12.3. The van der Waals surface area contributed by atoms with E-state index in [0.717, 1.165) is 19.3 Å². The molecule has 108 valence electrons. The second-order valence-electron chi connectivity index (χ2n) is 6.51. The molecule has 1 spiro atoms. The van der Waals surface area contributed by atoms with Crippen LogP contribution in [0.1, 0.15) is 71.1 Å². The first-order valence-corrected chi connectivity index (χ1v) is 7.70. The van der Waals surface area contributed by atoms with Crippen LogP contribution in [-0.4, -0.2) is 18.9 Å². The SMILES string of the molecule is CCCC(=O)C1(C(=O)OC)CC2(CCCCCC2)C1. The molecule has 0 unspecified atom stereocenters. The molecule has 0 N–H and O–H groups in total. The molecule has 2 fully saturated rings. The van der Waals surface area contributed by atoms with Gasteiger partial charge in [-0.25, -0.2) is 0 Å². The van der Waals surface area contributed by atoms with Crippen LogP contribution in [-0.2, 0) is 14.3 Å². The molecule has 2 aliphatic carbocycles. The van der Waals surface area contributed by atoms with Gasteiger partial charge in [0, 0.05) is 6.42 Å². The van der Waals surface area contributed by atoms with Crippen molar-refractivity contribution in [2.24, 2.45) is 10.8 Å². The number of hydrogen-bond donors (Lipinski definition) is 0. The van der Waals surface area contributed by atoms with Crippen molar-refractivity contribution in [1.29, 1.82) is 0 Å². The van der Waals surface area contributed by atoms with Crippen LogP contribution in [0.2, 0.25) is 0 Å². The molecule has 0 aromatic heterocycles. The molecule has 0 radical (unpaired) electrons. The second kappa shape index (κ2) is 5.64. The summed E-state index contributed by atoms with van der Waals surface area (Å²) < 4.78 is 4.93. The lowest BCUT2D eigenvalue weighted by molar-refractivity contribution is -0.177. The van der Waals surface area contributed by atoms with Crippen molar-refractivity contribution in [2.45, 2.75) is 71.1 Å². The lowest BCUT2D eigenvalue weighted by atomic mass is 9.48. The third kappa shape index (κ3) is 2.56. The normalized spacial score (nSPS) is 24.3. The van der Waals surface area contributed by atoms with Crippen LogP contribution in [0.15, 0.2) is 0 Å². The van der Waals surface area contributed by atoms with Crippen molar-refractivity contribution in [3.63, 3.8) is 0 Å². The van der Waals surface area contributed by atoms with Gasteiger partial charge in [-0.1, -0.05) is 32.6 Å². The van der Waals surface area contributed by atoms with E-state index in [4.69, 9.17) is 4.74 Å². The maximum absolute atomic E-state index is 12.4. The highest BCUT2D eigenvalue weighted by atomic mass is 16.5. The Hall–Kier alpha value is -0.860. The summed E-state index contributed by atoms with van der Waals surface area (Å²) in [6.07, 6.45) is 10.3. The van der Waals surface area contributed by atoms with Crippen molar-refractivity contribution >= 4 is 11.8 Å². The molecule has 2 aliphatic rings. The minimum Gasteiger partial charge on any atom is -0.468 e. The fraction of sp³-hybridized carbons (Fsp3) is 0.875. The van der Waals surface area contributed by atoms with Crippen molar-refractivity contribution in [3.8, 4) is 0 Å². The van der Waals surface area contributed by atoms with E-state index < -0.39 is 5.41 Å². The van der Waals surface area contributed by atoms with E-state index in [1.54, 1.807) is 0 Å². The van der Waals surface area contributed by atoms with Gasteiger partial charge in [-0.15, -0.1) is 0 Å². The van der Waals surface area contributed by atoms with Crippen LogP contribution in [0.4, 0.5) is 0 Å². The molecule has 3 nitrogen and oxygen atoms in total. The van der Waals surface area contributed by atoms with Gasteiger partial charge in [-0.2, -0.15) is 0 Å². The molecule has 0 aromatic rings. The summed E-state index contributed by atoms with van der Waals surface area (Å²) in [6.45, 7) is 1.99. The number of ether oxygens (including phenoxy) is 1. The summed E-state index contributed by atoms with van der Waals surface area (Å²) in [7, 11) is 1.40. The third-order valence-electron chi connectivity index (χ3n) is 5.10. The third-order valence-corrected chi connectivity index (χ3v) is 5.10. The molecule has 0 saturated heterocycles. The Balaban J connectivity index is 2.11. The summed E-state index contributed by atoms with van der Waals surface area (Å²) in [4.78, 5) is 24.5. The van der Waals surface area contributed by atoms with E-state index in [1.165, 1.54) is 45.6 Å². The predicted octanol–water partition coefficient (Wildman–Crippen LogP) is 3.65. The standard InChI is InChI=1S/C16H26O3/c1-3-8-13(17)16(14(18)19-2)11-15(12-16)9-6-4-5-7-10-15/h3-12H2,1-2H3. The molecule has 0 bridgehead atoms. The average Bonchev–Trinajstić information content (AvgIpc) is 2.61. The van der Waals surface area contributed by atoms with Gasteiger partial charge >= 0.3 is 5.97 Å². The number of carbonyl (C=O) groups excluding carboxylic acids is 2. The van der Waals surface area contributed by atoms with Gasteiger partial charge in [-0.3, -0.25) is 9.59 Å². The van der Waals surface area contributed by atoms with E-state index in [0.29, 0.717) is 6.42 Å². The van der Waals surface area contributed by atoms with Gasteiger partial charge < -0.3 is 4.74 Å². The number of Topliss-reactive ketones (excluding diaryl/α,β-unsaturated/α-hetero) is 1. The Kier molecular flexibility index (Phi) is 4.32. The highest BCUT2D eigenvalue weighted by molar-refractivity contribution is 6.05. The Morgan fingerprint density at radius 2 is 1.63 bits per heavy atom.